The molecule has 0 radical (unpaired) electrons. The minimum absolute atomic E-state index is 0.101. The molecule has 17 heavy (non-hydrogen) atoms. The fraction of sp³-hybridized carbons (Fsp3) is 0.538. The lowest BCUT2D eigenvalue weighted by atomic mass is 10.1. The van der Waals surface area contributed by atoms with Crippen molar-refractivity contribution in [3.63, 3.8) is 0 Å². The molecule has 1 N–H and O–H groups in total. The van der Waals surface area contributed by atoms with Gasteiger partial charge in [-0.25, -0.2) is 4.39 Å². The number of ether oxygens (including phenoxy) is 2. The molecule has 0 aliphatic rings. The van der Waals surface area contributed by atoms with E-state index in [1.165, 1.54) is 25.3 Å². The van der Waals surface area contributed by atoms with Crippen LogP contribution in [0.5, 0.6) is 5.75 Å². The van der Waals surface area contributed by atoms with Crippen molar-refractivity contribution in [1.29, 1.82) is 0 Å². The maximum Gasteiger partial charge on any atom is 0.124 e. The second-order valence-corrected chi connectivity index (χ2v) is 4.83. The summed E-state index contributed by atoms with van der Waals surface area (Å²) in [6, 6.07) is 4.04. The fourth-order valence-corrected chi connectivity index (χ4v) is 1.38. The van der Waals surface area contributed by atoms with Crippen LogP contribution in [-0.2, 0) is 4.74 Å². The predicted octanol–water partition coefficient (Wildman–Crippen LogP) is 2.68. The smallest absolute Gasteiger partial charge is 0.124 e. The summed E-state index contributed by atoms with van der Waals surface area (Å²) in [6.45, 7) is 5.77. The van der Waals surface area contributed by atoms with E-state index in [1.54, 1.807) is 0 Å². The maximum absolute atomic E-state index is 13.1. The lowest BCUT2D eigenvalue weighted by molar-refractivity contribution is -0.0501. The second-order valence-electron chi connectivity index (χ2n) is 4.83. The standard InChI is InChI=1S/C13H19FO3/c1-13(2,3)17-8-11(15)10-7-9(14)5-6-12(10)16-4/h5-7,11,15H,8H2,1-4H3. The third-order valence-electron chi connectivity index (χ3n) is 2.22. The molecule has 4 heteroatoms. The summed E-state index contributed by atoms with van der Waals surface area (Å²) < 4.78 is 23.6. The van der Waals surface area contributed by atoms with Gasteiger partial charge in [0.05, 0.1) is 19.3 Å². The molecule has 0 amide bonds. The normalized spacial score (nSPS) is 13.5. The summed E-state index contributed by atoms with van der Waals surface area (Å²) in [5.74, 6) is 0.0482. The molecule has 0 aliphatic heterocycles. The van der Waals surface area contributed by atoms with Gasteiger partial charge >= 0.3 is 0 Å². The van der Waals surface area contributed by atoms with Gasteiger partial charge in [0, 0.05) is 5.56 Å². The number of aliphatic hydroxyl groups is 1. The van der Waals surface area contributed by atoms with E-state index < -0.39 is 11.9 Å². The summed E-state index contributed by atoms with van der Waals surface area (Å²) >= 11 is 0. The van der Waals surface area contributed by atoms with Crippen molar-refractivity contribution < 1.29 is 19.0 Å². The van der Waals surface area contributed by atoms with Crippen molar-refractivity contribution in [3.05, 3.63) is 29.6 Å². The van der Waals surface area contributed by atoms with Crippen molar-refractivity contribution >= 4 is 0 Å². The number of rotatable bonds is 4. The lowest BCUT2D eigenvalue weighted by Crippen LogP contribution is -2.23. The number of aliphatic hydroxyl groups excluding tert-OH is 1. The first-order valence-electron chi connectivity index (χ1n) is 5.49. The van der Waals surface area contributed by atoms with Crippen LogP contribution in [0.2, 0.25) is 0 Å². The highest BCUT2D eigenvalue weighted by Gasteiger charge is 2.18. The van der Waals surface area contributed by atoms with Gasteiger partial charge in [0.1, 0.15) is 17.7 Å². The van der Waals surface area contributed by atoms with Crippen LogP contribution in [0.3, 0.4) is 0 Å². The molecule has 0 fully saturated rings. The largest absolute Gasteiger partial charge is 0.496 e. The molecule has 3 nitrogen and oxygen atoms in total. The zero-order chi connectivity index (χ0) is 13.1. The Morgan fingerprint density at radius 3 is 2.53 bits per heavy atom. The van der Waals surface area contributed by atoms with Crippen molar-refractivity contribution in [3.8, 4) is 5.75 Å². The molecule has 1 unspecified atom stereocenters. The number of methoxy groups -OCH3 is 1. The van der Waals surface area contributed by atoms with E-state index in [1.807, 2.05) is 20.8 Å². The van der Waals surface area contributed by atoms with E-state index in [4.69, 9.17) is 9.47 Å². The quantitative estimate of drug-likeness (QED) is 0.882. The van der Waals surface area contributed by atoms with Gasteiger partial charge in [-0.3, -0.25) is 0 Å². The Hall–Kier alpha value is -1.13. The van der Waals surface area contributed by atoms with Gasteiger partial charge in [-0.1, -0.05) is 0 Å². The Balaban J connectivity index is 2.80. The predicted molar refractivity (Wildman–Crippen MR) is 63.6 cm³/mol. The molecular formula is C13H19FO3. The van der Waals surface area contributed by atoms with E-state index in [0.29, 0.717) is 11.3 Å². The van der Waals surface area contributed by atoms with Crippen LogP contribution in [-0.4, -0.2) is 24.4 Å². The van der Waals surface area contributed by atoms with E-state index in [-0.39, 0.29) is 12.2 Å². The number of benzene rings is 1. The summed E-state index contributed by atoms with van der Waals surface area (Å²) in [5.41, 5.74) is 0.0541. The molecule has 96 valence electrons. The zero-order valence-electron chi connectivity index (χ0n) is 10.7. The zero-order valence-corrected chi connectivity index (χ0v) is 10.7. The Kier molecular flexibility index (Phi) is 4.48. The Labute approximate surface area is 101 Å². The van der Waals surface area contributed by atoms with Crippen LogP contribution in [0, 0.1) is 5.82 Å². The van der Waals surface area contributed by atoms with Crippen molar-refractivity contribution in [2.75, 3.05) is 13.7 Å². The van der Waals surface area contributed by atoms with Crippen molar-refractivity contribution in [2.24, 2.45) is 0 Å². The summed E-state index contributed by atoms with van der Waals surface area (Å²) in [6.07, 6.45) is -0.903. The Bertz CT molecular complexity index is 371. The third kappa shape index (κ3) is 4.32. The molecule has 0 bridgehead atoms. The van der Waals surface area contributed by atoms with Crippen molar-refractivity contribution in [1.82, 2.24) is 0 Å². The molecule has 1 aromatic carbocycles. The van der Waals surface area contributed by atoms with Gasteiger partial charge in [0.25, 0.3) is 0 Å². The Morgan fingerprint density at radius 2 is 2.00 bits per heavy atom. The van der Waals surface area contributed by atoms with Crippen LogP contribution in [0.4, 0.5) is 4.39 Å². The summed E-state index contributed by atoms with van der Waals surface area (Å²) in [7, 11) is 1.48. The van der Waals surface area contributed by atoms with Crippen LogP contribution >= 0.6 is 0 Å². The highest BCUT2D eigenvalue weighted by Crippen LogP contribution is 2.27. The molecule has 1 rings (SSSR count). The van der Waals surface area contributed by atoms with Crippen LogP contribution in [0.15, 0.2) is 18.2 Å². The first-order valence-corrected chi connectivity index (χ1v) is 5.49. The average molecular weight is 242 g/mol. The topological polar surface area (TPSA) is 38.7 Å². The third-order valence-corrected chi connectivity index (χ3v) is 2.22. The fourth-order valence-electron chi connectivity index (χ4n) is 1.38. The molecule has 0 saturated carbocycles. The minimum Gasteiger partial charge on any atom is -0.496 e. The number of halogens is 1. The van der Waals surface area contributed by atoms with E-state index in [9.17, 15) is 9.50 Å². The van der Waals surface area contributed by atoms with E-state index in [2.05, 4.69) is 0 Å². The molecular weight excluding hydrogens is 223 g/mol. The molecule has 0 aliphatic carbocycles. The van der Waals surface area contributed by atoms with Gasteiger partial charge < -0.3 is 14.6 Å². The minimum atomic E-state index is -0.903. The highest BCUT2D eigenvalue weighted by molar-refractivity contribution is 5.35. The first-order chi connectivity index (χ1) is 7.83. The van der Waals surface area contributed by atoms with E-state index >= 15 is 0 Å². The van der Waals surface area contributed by atoms with Gasteiger partial charge in [-0.05, 0) is 39.0 Å². The second kappa shape index (κ2) is 5.47. The van der Waals surface area contributed by atoms with Crippen LogP contribution in [0.1, 0.15) is 32.4 Å². The van der Waals surface area contributed by atoms with Gasteiger partial charge in [0.2, 0.25) is 0 Å². The molecule has 0 aromatic heterocycles. The molecule has 0 saturated heterocycles. The maximum atomic E-state index is 13.1. The molecule has 0 heterocycles. The van der Waals surface area contributed by atoms with Crippen molar-refractivity contribution in [2.45, 2.75) is 32.5 Å². The van der Waals surface area contributed by atoms with Gasteiger partial charge in [-0.15, -0.1) is 0 Å². The Morgan fingerprint density at radius 1 is 1.35 bits per heavy atom. The first kappa shape index (κ1) is 13.9. The molecule has 0 spiro atoms. The summed E-state index contributed by atoms with van der Waals surface area (Å²) in [5, 5.41) is 9.95. The van der Waals surface area contributed by atoms with Gasteiger partial charge in [-0.2, -0.15) is 0 Å². The van der Waals surface area contributed by atoms with Gasteiger partial charge in [0.15, 0.2) is 0 Å². The number of hydrogen-bond acceptors (Lipinski definition) is 3. The van der Waals surface area contributed by atoms with Crippen LogP contribution in [0.25, 0.3) is 0 Å². The highest BCUT2D eigenvalue weighted by atomic mass is 19.1. The molecule has 1 aromatic rings. The summed E-state index contributed by atoms with van der Waals surface area (Å²) in [4.78, 5) is 0. The monoisotopic (exact) mass is 242 g/mol. The molecule has 1 atom stereocenters. The van der Waals surface area contributed by atoms with Crippen LogP contribution < -0.4 is 4.74 Å². The average Bonchev–Trinajstić information content (AvgIpc) is 2.25. The lowest BCUT2D eigenvalue weighted by Gasteiger charge is -2.22. The SMILES string of the molecule is COc1ccc(F)cc1C(O)COC(C)(C)C. The number of hydrogen-bond donors (Lipinski definition) is 1. The van der Waals surface area contributed by atoms with E-state index in [0.717, 1.165) is 0 Å².